The van der Waals surface area contributed by atoms with Gasteiger partial charge in [-0.25, -0.2) is 0 Å². The van der Waals surface area contributed by atoms with E-state index in [9.17, 15) is 9.59 Å². The molecule has 0 spiro atoms. The SMILES string of the molecule is O=C(CC1OCCN(C2CCCCC2)C1=O)Nc1ccccc1. The van der Waals surface area contributed by atoms with Gasteiger partial charge in [0.05, 0.1) is 13.0 Å². The number of benzene rings is 1. The predicted octanol–water partition coefficient (Wildman–Crippen LogP) is 2.58. The van der Waals surface area contributed by atoms with Crippen LogP contribution in [-0.4, -0.2) is 42.0 Å². The van der Waals surface area contributed by atoms with Crippen molar-refractivity contribution in [3.05, 3.63) is 30.3 Å². The zero-order valence-electron chi connectivity index (χ0n) is 13.4. The summed E-state index contributed by atoms with van der Waals surface area (Å²) in [6.07, 6.45) is 5.23. The monoisotopic (exact) mass is 316 g/mol. The van der Waals surface area contributed by atoms with Gasteiger partial charge in [-0.05, 0) is 25.0 Å². The molecule has 23 heavy (non-hydrogen) atoms. The fraction of sp³-hybridized carbons (Fsp3) is 0.556. The van der Waals surface area contributed by atoms with Crippen molar-refractivity contribution in [3.8, 4) is 0 Å². The molecule has 1 aliphatic carbocycles. The maximum atomic E-state index is 12.6. The van der Waals surface area contributed by atoms with E-state index in [4.69, 9.17) is 4.74 Å². The molecular weight excluding hydrogens is 292 g/mol. The summed E-state index contributed by atoms with van der Waals surface area (Å²) in [4.78, 5) is 26.7. The molecule has 0 radical (unpaired) electrons. The Morgan fingerprint density at radius 2 is 1.91 bits per heavy atom. The highest BCUT2D eigenvalue weighted by Crippen LogP contribution is 2.25. The fourth-order valence-electron chi connectivity index (χ4n) is 3.46. The molecule has 124 valence electrons. The first kappa shape index (κ1) is 16.0. The second kappa shape index (κ2) is 7.59. The van der Waals surface area contributed by atoms with Gasteiger partial charge in [0.25, 0.3) is 5.91 Å². The predicted molar refractivity (Wildman–Crippen MR) is 88.0 cm³/mol. The van der Waals surface area contributed by atoms with E-state index in [1.165, 1.54) is 19.3 Å². The molecule has 1 heterocycles. The van der Waals surface area contributed by atoms with Crippen molar-refractivity contribution in [1.82, 2.24) is 4.90 Å². The summed E-state index contributed by atoms with van der Waals surface area (Å²) in [6.45, 7) is 1.17. The summed E-state index contributed by atoms with van der Waals surface area (Å²) >= 11 is 0. The maximum Gasteiger partial charge on any atom is 0.252 e. The number of nitrogens with one attached hydrogen (secondary N) is 1. The van der Waals surface area contributed by atoms with Crippen LogP contribution in [0.25, 0.3) is 0 Å². The largest absolute Gasteiger partial charge is 0.366 e. The summed E-state index contributed by atoms with van der Waals surface area (Å²) in [5.41, 5.74) is 0.741. The van der Waals surface area contributed by atoms with E-state index in [0.29, 0.717) is 19.2 Å². The van der Waals surface area contributed by atoms with Crippen molar-refractivity contribution in [2.24, 2.45) is 0 Å². The van der Waals surface area contributed by atoms with Crippen molar-refractivity contribution in [3.63, 3.8) is 0 Å². The Labute approximate surface area is 137 Å². The topological polar surface area (TPSA) is 58.6 Å². The number of anilines is 1. The molecule has 1 aromatic carbocycles. The maximum absolute atomic E-state index is 12.6. The second-order valence-electron chi connectivity index (χ2n) is 6.30. The fourth-order valence-corrected chi connectivity index (χ4v) is 3.46. The number of hydrogen-bond acceptors (Lipinski definition) is 3. The zero-order valence-corrected chi connectivity index (χ0v) is 13.4. The normalized spacial score (nSPS) is 22.9. The Morgan fingerprint density at radius 1 is 1.17 bits per heavy atom. The van der Waals surface area contributed by atoms with E-state index in [1.54, 1.807) is 0 Å². The van der Waals surface area contributed by atoms with E-state index >= 15 is 0 Å². The summed E-state index contributed by atoms with van der Waals surface area (Å²) in [6, 6.07) is 9.61. The summed E-state index contributed by atoms with van der Waals surface area (Å²) in [5.74, 6) is -0.202. The highest BCUT2D eigenvalue weighted by molar-refractivity contribution is 5.95. The van der Waals surface area contributed by atoms with Gasteiger partial charge < -0.3 is 15.0 Å². The van der Waals surface area contributed by atoms with Crippen LogP contribution in [0.5, 0.6) is 0 Å². The Balaban J connectivity index is 1.56. The van der Waals surface area contributed by atoms with Crippen LogP contribution < -0.4 is 5.32 Å². The Hall–Kier alpha value is -1.88. The van der Waals surface area contributed by atoms with E-state index in [-0.39, 0.29) is 18.2 Å². The van der Waals surface area contributed by atoms with Gasteiger partial charge in [-0.15, -0.1) is 0 Å². The number of morpholine rings is 1. The van der Waals surface area contributed by atoms with E-state index in [2.05, 4.69) is 5.32 Å². The number of amides is 2. The van der Waals surface area contributed by atoms with Gasteiger partial charge in [-0.1, -0.05) is 37.5 Å². The van der Waals surface area contributed by atoms with Gasteiger partial charge in [-0.2, -0.15) is 0 Å². The number of carbonyl (C=O) groups is 2. The van der Waals surface area contributed by atoms with Crippen LogP contribution in [0.4, 0.5) is 5.69 Å². The molecule has 1 saturated carbocycles. The molecule has 0 bridgehead atoms. The van der Waals surface area contributed by atoms with Gasteiger partial charge in [0.1, 0.15) is 6.10 Å². The van der Waals surface area contributed by atoms with Gasteiger partial charge in [0, 0.05) is 18.3 Å². The quantitative estimate of drug-likeness (QED) is 0.929. The van der Waals surface area contributed by atoms with Crippen molar-refractivity contribution < 1.29 is 14.3 Å². The lowest BCUT2D eigenvalue weighted by atomic mass is 9.93. The molecule has 2 amide bonds. The van der Waals surface area contributed by atoms with Gasteiger partial charge in [0.2, 0.25) is 5.91 Å². The third-order valence-electron chi connectivity index (χ3n) is 4.65. The van der Waals surface area contributed by atoms with Crippen LogP contribution in [0.1, 0.15) is 38.5 Å². The molecule has 1 N–H and O–H groups in total. The van der Waals surface area contributed by atoms with Crippen molar-refractivity contribution >= 4 is 17.5 Å². The second-order valence-corrected chi connectivity index (χ2v) is 6.30. The van der Waals surface area contributed by atoms with E-state index < -0.39 is 6.10 Å². The van der Waals surface area contributed by atoms with Crippen LogP contribution in [0, 0.1) is 0 Å². The highest BCUT2D eigenvalue weighted by atomic mass is 16.5. The van der Waals surface area contributed by atoms with Crippen LogP contribution >= 0.6 is 0 Å². The summed E-state index contributed by atoms with van der Waals surface area (Å²) in [7, 11) is 0. The minimum Gasteiger partial charge on any atom is -0.366 e. The van der Waals surface area contributed by atoms with Crippen molar-refractivity contribution in [1.29, 1.82) is 0 Å². The van der Waals surface area contributed by atoms with Crippen LogP contribution in [0.3, 0.4) is 0 Å². The molecule has 1 saturated heterocycles. The van der Waals surface area contributed by atoms with Gasteiger partial charge in [-0.3, -0.25) is 9.59 Å². The van der Waals surface area contributed by atoms with Crippen molar-refractivity contribution in [2.45, 2.75) is 50.7 Å². The minimum atomic E-state index is -0.644. The average molecular weight is 316 g/mol. The number of hydrogen-bond donors (Lipinski definition) is 1. The molecule has 1 unspecified atom stereocenters. The zero-order chi connectivity index (χ0) is 16.1. The molecule has 1 atom stereocenters. The van der Waals surface area contributed by atoms with Crippen LogP contribution in [-0.2, 0) is 14.3 Å². The lowest BCUT2D eigenvalue weighted by Crippen LogP contribution is -2.53. The average Bonchev–Trinajstić information content (AvgIpc) is 2.58. The molecule has 5 heteroatoms. The highest BCUT2D eigenvalue weighted by Gasteiger charge is 2.35. The van der Waals surface area contributed by atoms with Crippen LogP contribution in [0.15, 0.2) is 30.3 Å². The number of rotatable bonds is 4. The van der Waals surface area contributed by atoms with Gasteiger partial charge >= 0.3 is 0 Å². The number of ether oxygens (including phenoxy) is 1. The standard InChI is InChI=1S/C18H24N2O3/c21-17(19-14-7-3-1-4-8-14)13-16-18(22)20(11-12-23-16)15-9-5-2-6-10-15/h1,3-4,7-8,15-16H,2,5-6,9-13H2,(H,19,21). The number of carbonyl (C=O) groups excluding carboxylic acids is 2. The molecule has 1 aliphatic heterocycles. The third kappa shape index (κ3) is 4.10. The van der Waals surface area contributed by atoms with Gasteiger partial charge in [0.15, 0.2) is 0 Å². The Kier molecular flexibility index (Phi) is 5.28. The summed E-state index contributed by atoms with van der Waals surface area (Å²) in [5, 5.41) is 2.81. The van der Waals surface area contributed by atoms with Crippen molar-refractivity contribution in [2.75, 3.05) is 18.5 Å². The molecule has 2 aliphatic rings. The molecule has 5 nitrogen and oxygen atoms in total. The molecular formula is C18H24N2O3. The molecule has 1 aromatic rings. The first-order valence-electron chi connectivity index (χ1n) is 8.51. The first-order chi connectivity index (χ1) is 11.2. The third-order valence-corrected chi connectivity index (χ3v) is 4.65. The van der Waals surface area contributed by atoms with E-state index in [1.807, 2.05) is 35.2 Å². The van der Waals surface area contributed by atoms with E-state index in [0.717, 1.165) is 18.5 Å². The molecule has 0 aromatic heterocycles. The van der Waals surface area contributed by atoms with Crippen LogP contribution in [0.2, 0.25) is 0 Å². The molecule has 2 fully saturated rings. The minimum absolute atomic E-state index is 0.0219. The number of nitrogens with zero attached hydrogens (tertiary/aromatic N) is 1. The number of para-hydroxylation sites is 1. The Bertz CT molecular complexity index is 540. The first-order valence-corrected chi connectivity index (χ1v) is 8.51. The summed E-state index contributed by atoms with van der Waals surface area (Å²) < 4.78 is 5.57. The Morgan fingerprint density at radius 3 is 2.65 bits per heavy atom. The lowest BCUT2D eigenvalue weighted by molar-refractivity contribution is -0.159. The molecule has 3 rings (SSSR count). The smallest absolute Gasteiger partial charge is 0.252 e. The lowest BCUT2D eigenvalue weighted by Gasteiger charge is -2.39.